The van der Waals surface area contributed by atoms with Crippen LogP contribution < -0.4 is 10.2 Å². The summed E-state index contributed by atoms with van der Waals surface area (Å²) in [7, 11) is 4.42. The van der Waals surface area contributed by atoms with Crippen molar-refractivity contribution in [1.82, 2.24) is 9.80 Å². The van der Waals surface area contributed by atoms with Crippen LogP contribution in [0.15, 0.2) is 24.3 Å². The van der Waals surface area contributed by atoms with Gasteiger partial charge in [0.05, 0.1) is 11.4 Å². The Morgan fingerprint density at radius 1 is 1.09 bits per heavy atom. The summed E-state index contributed by atoms with van der Waals surface area (Å²) in [6.45, 7) is 7.08. The van der Waals surface area contributed by atoms with E-state index in [1.165, 1.54) is 50.3 Å². The van der Waals surface area contributed by atoms with E-state index in [9.17, 15) is 0 Å². The minimum atomic E-state index is 0.777. The molecule has 1 saturated heterocycles. The van der Waals surface area contributed by atoms with Gasteiger partial charge >= 0.3 is 0 Å². The molecule has 1 aromatic rings. The Bertz CT molecular complexity index is 466. The molecule has 0 radical (unpaired) electrons. The molecule has 0 unspecified atom stereocenters. The Morgan fingerprint density at radius 3 is 2.64 bits per heavy atom. The van der Waals surface area contributed by atoms with Crippen molar-refractivity contribution >= 4 is 11.4 Å². The molecular formula is C18H30N4. The molecule has 22 heavy (non-hydrogen) atoms. The lowest BCUT2D eigenvalue weighted by molar-refractivity contribution is 0.147. The normalized spacial score (nSPS) is 20.6. The minimum Gasteiger partial charge on any atom is -0.383 e. The predicted octanol–water partition coefficient (Wildman–Crippen LogP) is 2.33. The molecule has 0 aliphatic carbocycles. The molecule has 4 nitrogen and oxygen atoms in total. The number of piperidine rings is 1. The highest BCUT2D eigenvalue weighted by Gasteiger charge is 2.21. The number of benzene rings is 1. The topological polar surface area (TPSA) is 21.8 Å². The Balaban J connectivity index is 1.54. The van der Waals surface area contributed by atoms with Crippen molar-refractivity contribution in [3.63, 3.8) is 0 Å². The van der Waals surface area contributed by atoms with Crippen LogP contribution in [0.4, 0.5) is 11.4 Å². The van der Waals surface area contributed by atoms with Crippen LogP contribution in [-0.4, -0.2) is 69.2 Å². The highest BCUT2D eigenvalue weighted by molar-refractivity contribution is 5.70. The number of nitrogens with one attached hydrogen (secondary N) is 1. The molecule has 0 spiro atoms. The van der Waals surface area contributed by atoms with Crippen molar-refractivity contribution in [2.45, 2.75) is 25.3 Å². The van der Waals surface area contributed by atoms with Gasteiger partial charge in [0.25, 0.3) is 0 Å². The first-order chi connectivity index (χ1) is 10.7. The van der Waals surface area contributed by atoms with Crippen LogP contribution in [0, 0.1) is 0 Å². The van der Waals surface area contributed by atoms with Crippen molar-refractivity contribution in [2.75, 3.05) is 63.6 Å². The third kappa shape index (κ3) is 3.73. The standard InChI is InChI=1S/C18H30N4/c1-20(2)16-8-12-21(13-9-16)14-15-22-11-5-10-19-17-6-3-4-7-18(17)22/h3-4,6-7,16,19H,5,8-15H2,1-2H3. The van der Waals surface area contributed by atoms with Gasteiger partial charge in [-0.3, -0.25) is 0 Å². The van der Waals surface area contributed by atoms with E-state index in [2.05, 4.69) is 58.4 Å². The predicted molar refractivity (Wildman–Crippen MR) is 94.9 cm³/mol. The summed E-state index contributed by atoms with van der Waals surface area (Å²) in [5.74, 6) is 0. The zero-order chi connectivity index (χ0) is 15.4. The van der Waals surface area contributed by atoms with Crippen LogP contribution in [0.1, 0.15) is 19.3 Å². The smallest absolute Gasteiger partial charge is 0.0602 e. The van der Waals surface area contributed by atoms with Crippen LogP contribution in [0.5, 0.6) is 0 Å². The number of rotatable bonds is 4. The molecule has 3 rings (SSSR count). The fourth-order valence-electron chi connectivity index (χ4n) is 3.67. The molecule has 0 bridgehead atoms. The molecule has 1 aromatic carbocycles. The summed E-state index contributed by atoms with van der Waals surface area (Å²) < 4.78 is 0. The molecular weight excluding hydrogens is 272 g/mol. The van der Waals surface area contributed by atoms with Gasteiger partial charge in [-0.25, -0.2) is 0 Å². The summed E-state index contributed by atoms with van der Waals surface area (Å²) in [6, 6.07) is 9.52. The maximum absolute atomic E-state index is 3.55. The van der Waals surface area contributed by atoms with Crippen LogP contribution >= 0.6 is 0 Å². The van der Waals surface area contributed by atoms with E-state index in [0.717, 1.165) is 25.7 Å². The molecule has 0 aromatic heterocycles. The lowest BCUT2D eigenvalue weighted by Gasteiger charge is -2.36. The van der Waals surface area contributed by atoms with E-state index < -0.39 is 0 Å². The van der Waals surface area contributed by atoms with Crippen molar-refractivity contribution in [3.05, 3.63) is 24.3 Å². The first-order valence-electron chi connectivity index (χ1n) is 8.70. The third-order valence-corrected chi connectivity index (χ3v) is 5.14. The van der Waals surface area contributed by atoms with Gasteiger partial charge in [-0.2, -0.15) is 0 Å². The Labute approximate surface area is 135 Å². The van der Waals surface area contributed by atoms with Crippen LogP contribution in [0.25, 0.3) is 0 Å². The van der Waals surface area contributed by atoms with Gasteiger partial charge in [-0.05, 0) is 58.6 Å². The zero-order valence-electron chi connectivity index (χ0n) is 14.1. The molecule has 1 N–H and O–H groups in total. The number of nitrogens with zero attached hydrogens (tertiary/aromatic N) is 3. The summed E-state index contributed by atoms with van der Waals surface area (Å²) >= 11 is 0. The van der Waals surface area contributed by atoms with E-state index in [4.69, 9.17) is 0 Å². The average molecular weight is 302 g/mol. The second kappa shape index (κ2) is 7.34. The van der Waals surface area contributed by atoms with Crippen LogP contribution in [0.3, 0.4) is 0 Å². The van der Waals surface area contributed by atoms with Crippen LogP contribution in [-0.2, 0) is 0 Å². The monoisotopic (exact) mass is 302 g/mol. The van der Waals surface area contributed by atoms with E-state index in [1.54, 1.807) is 0 Å². The molecule has 2 aliphatic rings. The van der Waals surface area contributed by atoms with Gasteiger partial charge in [0.2, 0.25) is 0 Å². The Hall–Kier alpha value is -1.26. The van der Waals surface area contributed by atoms with Crippen LogP contribution in [0.2, 0.25) is 0 Å². The molecule has 0 saturated carbocycles. The average Bonchev–Trinajstić information content (AvgIpc) is 2.75. The minimum absolute atomic E-state index is 0.777. The van der Waals surface area contributed by atoms with Crippen molar-refractivity contribution in [1.29, 1.82) is 0 Å². The fraction of sp³-hybridized carbons (Fsp3) is 0.667. The number of para-hydroxylation sites is 2. The van der Waals surface area contributed by atoms with Gasteiger partial charge in [-0.15, -0.1) is 0 Å². The van der Waals surface area contributed by atoms with E-state index in [-0.39, 0.29) is 0 Å². The number of fused-ring (bicyclic) bond motifs is 1. The van der Waals surface area contributed by atoms with Crippen molar-refractivity contribution < 1.29 is 0 Å². The maximum atomic E-state index is 3.55. The SMILES string of the molecule is CN(C)C1CCN(CCN2CCCNc3ccccc32)CC1. The zero-order valence-corrected chi connectivity index (χ0v) is 14.1. The van der Waals surface area contributed by atoms with Gasteiger partial charge < -0.3 is 20.0 Å². The third-order valence-electron chi connectivity index (χ3n) is 5.14. The van der Waals surface area contributed by atoms with E-state index in [1.807, 2.05) is 0 Å². The highest BCUT2D eigenvalue weighted by Crippen LogP contribution is 2.27. The molecule has 2 aliphatic heterocycles. The Kier molecular flexibility index (Phi) is 5.21. The van der Waals surface area contributed by atoms with Gasteiger partial charge in [0.1, 0.15) is 0 Å². The maximum Gasteiger partial charge on any atom is 0.0602 e. The summed E-state index contributed by atoms with van der Waals surface area (Å²) in [5, 5.41) is 3.55. The van der Waals surface area contributed by atoms with E-state index >= 15 is 0 Å². The summed E-state index contributed by atoms with van der Waals surface area (Å²) in [4.78, 5) is 7.59. The largest absolute Gasteiger partial charge is 0.383 e. The first-order valence-corrected chi connectivity index (χ1v) is 8.70. The molecule has 2 heterocycles. The molecule has 0 amide bonds. The lowest BCUT2D eigenvalue weighted by Crippen LogP contribution is -2.44. The quantitative estimate of drug-likeness (QED) is 0.921. The molecule has 1 fully saturated rings. The van der Waals surface area contributed by atoms with Gasteiger partial charge in [0.15, 0.2) is 0 Å². The van der Waals surface area contributed by atoms with E-state index in [0.29, 0.717) is 0 Å². The second-order valence-electron chi connectivity index (χ2n) is 6.82. The fourth-order valence-corrected chi connectivity index (χ4v) is 3.67. The van der Waals surface area contributed by atoms with Crippen molar-refractivity contribution in [3.8, 4) is 0 Å². The molecule has 0 atom stereocenters. The first kappa shape index (κ1) is 15.6. The van der Waals surface area contributed by atoms with Gasteiger partial charge in [-0.1, -0.05) is 12.1 Å². The molecule has 4 heteroatoms. The Morgan fingerprint density at radius 2 is 1.86 bits per heavy atom. The summed E-state index contributed by atoms with van der Waals surface area (Å²) in [6.07, 6.45) is 3.84. The highest BCUT2D eigenvalue weighted by atomic mass is 15.2. The van der Waals surface area contributed by atoms with Crippen molar-refractivity contribution in [2.24, 2.45) is 0 Å². The number of likely N-dealkylation sites (tertiary alicyclic amines) is 1. The number of anilines is 2. The second-order valence-corrected chi connectivity index (χ2v) is 6.82. The lowest BCUT2D eigenvalue weighted by atomic mass is 10.0. The van der Waals surface area contributed by atoms with Gasteiger partial charge in [0, 0.05) is 32.2 Å². The molecule has 122 valence electrons. The summed E-state index contributed by atoms with van der Waals surface area (Å²) in [5.41, 5.74) is 2.68. The number of hydrogen-bond donors (Lipinski definition) is 1. The number of hydrogen-bond acceptors (Lipinski definition) is 4.